The number of imidazole rings is 1. The number of nitrogens with one attached hydrogen (secondary N) is 1. The second kappa shape index (κ2) is 10.3. The molecule has 0 aromatic carbocycles. The smallest absolute Gasteiger partial charge is 0.328 e. The zero-order chi connectivity index (χ0) is 23.2. The summed E-state index contributed by atoms with van der Waals surface area (Å²) in [5.74, 6) is 0.427. The van der Waals surface area contributed by atoms with Gasteiger partial charge in [-0.3, -0.25) is 13.9 Å². The van der Waals surface area contributed by atoms with Crippen LogP contribution < -0.4 is 15.7 Å². The molecule has 0 bridgehead atoms. The Morgan fingerprint density at radius 3 is 2.88 bits per heavy atom. The van der Waals surface area contributed by atoms with Crippen LogP contribution in [0.15, 0.2) is 47.7 Å². The number of fused-ring (bicyclic) bond motifs is 1. The third-order valence-electron chi connectivity index (χ3n) is 5.96. The molecule has 4 heterocycles. The minimum Gasteiger partial charge on any atom is -0.481 e. The van der Waals surface area contributed by atoms with Crippen LogP contribution in [-0.4, -0.2) is 43.8 Å². The van der Waals surface area contributed by atoms with Gasteiger partial charge in [-0.2, -0.15) is 0 Å². The zero-order valence-corrected chi connectivity index (χ0v) is 18.7. The summed E-state index contributed by atoms with van der Waals surface area (Å²) in [4.78, 5) is 33.4. The van der Waals surface area contributed by atoms with Crippen molar-refractivity contribution in [3.05, 3.63) is 70.2 Å². The Morgan fingerprint density at radius 2 is 2.12 bits per heavy atom. The summed E-state index contributed by atoms with van der Waals surface area (Å²) in [7, 11) is 1.51. The largest absolute Gasteiger partial charge is 0.481 e. The van der Waals surface area contributed by atoms with Crippen LogP contribution >= 0.6 is 0 Å². The third-order valence-corrected chi connectivity index (χ3v) is 5.96. The van der Waals surface area contributed by atoms with Gasteiger partial charge in [-0.1, -0.05) is 12.1 Å². The predicted molar refractivity (Wildman–Crippen MR) is 124 cm³/mol. The molecule has 0 amide bonds. The van der Waals surface area contributed by atoms with Crippen molar-refractivity contribution in [2.75, 3.05) is 19.0 Å². The molecule has 1 atom stereocenters. The molecule has 0 aliphatic carbocycles. The van der Waals surface area contributed by atoms with E-state index in [0.717, 1.165) is 43.7 Å². The van der Waals surface area contributed by atoms with E-state index in [1.54, 1.807) is 35.3 Å². The van der Waals surface area contributed by atoms with Crippen LogP contribution in [0.1, 0.15) is 48.5 Å². The Morgan fingerprint density at radius 1 is 1.24 bits per heavy atom. The Bertz CT molecular complexity index is 1150. The molecule has 3 aromatic heterocycles. The molecule has 33 heavy (non-hydrogen) atoms. The summed E-state index contributed by atoms with van der Waals surface area (Å²) < 4.78 is 8.15. The molecule has 174 valence electrons. The van der Waals surface area contributed by atoms with Crippen molar-refractivity contribution in [3.8, 4) is 5.88 Å². The number of aromatic nitrogens is 4. The van der Waals surface area contributed by atoms with Gasteiger partial charge in [0.05, 0.1) is 19.6 Å². The van der Waals surface area contributed by atoms with Crippen LogP contribution in [0.2, 0.25) is 0 Å². The van der Waals surface area contributed by atoms with Crippen LogP contribution in [0.4, 0.5) is 5.82 Å². The minimum absolute atomic E-state index is 0.218. The molecule has 0 saturated carbocycles. The van der Waals surface area contributed by atoms with E-state index < -0.39 is 12.0 Å². The van der Waals surface area contributed by atoms with E-state index in [1.165, 1.54) is 23.7 Å². The maximum atomic E-state index is 13.0. The van der Waals surface area contributed by atoms with Gasteiger partial charge in [0.15, 0.2) is 0 Å². The Labute approximate surface area is 192 Å². The van der Waals surface area contributed by atoms with Crippen molar-refractivity contribution in [2.24, 2.45) is 0 Å². The fourth-order valence-electron chi connectivity index (χ4n) is 4.19. The van der Waals surface area contributed by atoms with E-state index in [2.05, 4.69) is 22.4 Å². The SMILES string of the molecule is COc1ccc(C(CC(=O)O)n2ccn(CCCc3ccc4c(n3)NCCCC4)c2=O)cn1. The number of carboxylic acids is 1. The summed E-state index contributed by atoms with van der Waals surface area (Å²) in [5, 5.41) is 12.8. The standard InChI is InChI=1S/C24H29N5O4/c1-33-21-10-8-18(16-26-21)20(15-22(30)31)29-14-13-28(24(29)32)12-4-6-19-9-7-17-5-2-3-11-25-23(17)27-19/h7-10,13-14,16,20H,2-6,11-12,15H2,1H3,(H,25,27)(H,30,31). The molecular formula is C24H29N5O4. The van der Waals surface area contributed by atoms with Crippen molar-refractivity contribution in [2.45, 2.75) is 51.1 Å². The molecule has 0 radical (unpaired) electrons. The summed E-state index contributed by atoms with van der Waals surface area (Å²) in [6.45, 7) is 1.48. The van der Waals surface area contributed by atoms with Gasteiger partial charge in [0.1, 0.15) is 5.82 Å². The average Bonchev–Trinajstić information content (AvgIpc) is 3.02. The van der Waals surface area contributed by atoms with Crippen molar-refractivity contribution in [1.82, 2.24) is 19.1 Å². The lowest BCUT2D eigenvalue weighted by Crippen LogP contribution is -2.29. The lowest BCUT2D eigenvalue weighted by Gasteiger charge is -2.16. The Kier molecular flexibility index (Phi) is 7.07. The molecule has 3 aromatic rings. The number of nitrogens with zero attached hydrogens (tertiary/aromatic N) is 4. The second-order valence-corrected chi connectivity index (χ2v) is 8.23. The first-order valence-electron chi connectivity index (χ1n) is 11.3. The molecule has 9 heteroatoms. The first-order chi connectivity index (χ1) is 16.0. The second-order valence-electron chi connectivity index (χ2n) is 8.23. The number of anilines is 1. The van der Waals surface area contributed by atoms with E-state index in [1.807, 2.05) is 0 Å². The van der Waals surface area contributed by atoms with Gasteiger partial charge in [-0.25, -0.2) is 14.8 Å². The number of carbonyl (C=O) groups is 1. The molecule has 4 rings (SSSR count). The summed E-state index contributed by atoms with van der Waals surface area (Å²) >= 11 is 0. The summed E-state index contributed by atoms with van der Waals surface area (Å²) in [5.41, 5.74) is 2.67. The van der Waals surface area contributed by atoms with Gasteiger partial charge in [0, 0.05) is 43.4 Å². The lowest BCUT2D eigenvalue weighted by atomic mass is 10.1. The first-order valence-corrected chi connectivity index (χ1v) is 11.3. The highest BCUT2D eigenvalue weighted by molar-refractivity contribution is 5.68. The van der Waals surface area contributed by atoms with Gasteiger partial charge in [0.25, 0.3) is 0 Å². The Hall–Kier alpha value is -3.62. The van der Waals surface area contributed by atoms with Gasteiger partial charge >= 0.3 is 11.7 Å². The lowest BCUT2D eigenvalue weighted by molar-refractivity contribution is -0.137. The van der Waals surface area contributed by atoms with Gasteiger partial charge < -0.3 is 15.2 Å². The van der Waals surface area contributed by atoms with Gasteiger partial charge in [-0.15, -0.1) is 0 Å². The monoisotopic (exact) mass is 451 g/mol. The highest BCUT2D eigenvalue weighted by Gasteiger charge is 2.21. The van der Waals surface area contributed by atoms with Crippen molar-refractivity contribution < 1.29 is 14.6 Å². The fourth-order valence-corrected chi connectivity index (χ4v) is 4.19. The van der Waals surface area contributed by atoms with E-state index in [4.69, 9.17) is 9.72 Å². The molecule has 1 unspecified atom stereocenters. The van der Waals surface area contributed by atoms with Crippen molar-refractivity contribution >= 4 is 11.8 Å². The number of pyridine rings is 2. The van der Waals surface area contributed by atoms with Crippen LogP contribution in [0.3, 0.4) is 0 Å². The molecule has 1 aliphatic rings. The summed E-state index contributed by atoms with van der Waals surface area (Å²) in [6, 6.07) is 6.97. The molecule has 0 saturated heterocycles. The van der Waals surface area contributed by atoms with Crippen LogP contribution in [0.5, 0.6) is 5.88 Å². The molecule has 9 nitrogen and oxygen atoms in total. The number of ether oxygens (including phenoxy) is 1. The quantitative estimate of drug-likeness (QED) is 0.515. The highest BCUT2D eigenvalue weighted by Crippen LogP contribution is 2.22. The Balaban J connectivity index is 1.45. The maximum Gasteiger partial charge on any atom is 0.328 e. The molecule has 0 fully saturated rings. The first kappa shape index (κ1) is 22.6. The normalized spacial score (nSPS) is 14.1. The number of methoxy groups -OCH3 is 1. The number of carboxylic acid groups (broad SMARTS) is 1. The van der Waals surface area contributed by atoms with Gasteiger partial charge in [-0.05, 0) is 49.3 Å². The van der Waals surface area contributed by atoms with Crippen LogP contribution in [0.25, 0.3) is 0 Å². The highest BCUT2D eigenvalue weighted by atomic mass is 16.5. The number of rotatable bonds is 9. The number of hydrogen-bond acceptors (Lipinski definition) is 6. The molecule has 2 N–H and O–H groups in total. The van der Waals surface area contributed by atoms with E-state index >= 15 is 0 Å². The average molecular weight is 452 g/mol. The topological polar surface area (TPSA) is 111 Å². The molecular weight excluding hydrogens is 422 g/mol. The van der Waals surface area contributed by atoms with E-state index in [0.29, 0.717) is 18.0 Å². The number of aliphatic carboxylic acids is 1. The summed E-state index contributed by atoms with van der Waals surface area (Å²) in [6.07, 6.45) is 9.58. The fraction of sp³-hybridized carbons (Fsp3) is 0.417. The zero-order valence-electron chi connectivity index (χ0n) is 18.7. The molecule has 0 spiro atoms. The minimum atomic E-state index is -0.988. The van der Waals surface area contributed by atoms with Gasteiger partial charge in [0.2, 0.25) is 5.88 Å². The van der Waals surface area contributed by atoms with Crippen molar-refractivity contribution in [1.29, 1.82) is 0 Å². The van der Waals surface area contributed by atoms with E-state index in [9.17, 15) is 14.7 Å². The molecule has 1 aliphatic heterocycles. The number of aryl methyl sites for hydroxylation is 3. The van der Waals surface area contributed by atoms with Crippen LogP contribution in [0, 0.1) is 0 Å². The van der Waals surface area contributed by atoms with Crippen LogP contribution in [-0.2, 0) is 24.2 Å². The maximum absolute atomic E-state index is 13.0. The predicted octanol–water partition coefficient (Wildman–Crippen LogP) is 2.89. The third kappa shape index (κ3) is 5.42. The van der Waals surface area contributed by atoms with Crippen molar-refractivity contribution in [3.63, 3.8) is 0 Å². The number of hydrogen-bond donors (Lipinski definition) is 2. The van der Waals surface area contributed by atoms with E-state index in [-0.39, 0.29) is 12.1 Å².